The average Bonchev–Trinajstić information content (AvgIpc) is 2.83. The highest BCUT2D eigenvalue weighted by Crippen LogP contribution is 2.29. The maximum atomic E-state index is 13.5. The number of aromatic nitrogens is 1. The van der Waals surface area contributed by atoms with E-state index in [0.717, 1.165) is 22.0 Å². The molecule has 0 spiro atoms. The van der Waals surface area contributed by atoms with Crippen molar-refractivity contribution in [1.29, 1.82) is 0 Å². The van der Waals surface area contributed by atoms with Crippen LogP contribution in [0.4, 0.5) is 4.39 Å². The molecule has 0 saturated carbocycles. The summed E-state index contributed by atoms with van der Waals surface area (Å²) in [5, 5.41) is 1.20. The average molecular weight is 332 g/mol. The van der Waals surface area contributed by atoms with E-state index >= 15 is 0 Å². The molecule has 0 aliphatic heterocycles. The first-order valence-electron chi connectivity index (χ1n) is 6.70. The van der Waals surface area contributed by atoms with Crippen molar-refractivity contribution < 1.29 is 4.39 Å². The van der Waals surface area contributed by atoms with Gasteiger partial charge in [-0.1, -0.05) is 41.1 Å². The maximum Gasteiger partial charge on any atom is 0.123 e. The molecule has 3 heteroatoms. The summed E-state index contributed by atoms with van der Waals surface area (Å²) in [5.41, 5.74) is 2.17. The molecule has 3 aromatic rings. The summed E-state index contributed by atoms with van der Waals surface area (Å²) in [6.45, 7) is 2.12. The highest BCUT2D eigenvalue weighted by atomic mass is 79.9. The second-order valence-electron chi connectivity index (χ2n) is 4.91. The molecular formula is C17H15BrFN. The molecular weight excluding hydrogens is 317 g/mol. The van der Waals surface area contributed by atoms with Crippen LogP contribution in [0.3, 0.4) is 0 Å². The molecule has 0 radical (unpaired) electrons. The number of benzene rings is 2. The molecule has 102 valence electrons. The van der Waals surface area contributed by atoms with E-state index in [9.17, 15) is 4.39 Å². The Morgan fingerprint density at radius 2 is 2.00 bits per heavy atom. The molecule has 0 fully saturated rings. The zero-order chi connectivity index (χ0) is 14.1. The molecule has 2 aromatic carbocycles. The number of fused-ring (bicyclic) bond motifs is 1. The minimum absolute atomic E-state index is 0.150. The van der Waals surface area contributed by atoms with Gasteiger partial charge in [0, 0.05) is 16.2 Å². The minimum atomic E-state index is -0.182. The lowest BCUT2D eigenvalue weighted by molar-refractivity contribution is 0.572. The van der Waals surface area contributed by atoms with Gasteiger partial charge in [0.2, 0.25) is 0 Å². The van der Waals surface area contributed by atoms with E-state index in [2.05, 4.69) is 51.8 Å². The van der Waals surface area contributed by atoms with Gasteiger partial charge < -0.3 is 4.57 Å². The van der Waals surface area contributed by atoms with E-state index in [1.54, 1.807) is 12.1 Å². The maximum absolute atomic E-state index is 13.5. The third-order valence-electron chi connectivity index (χ3n) is 3.64. The molecule has 0 amide bonds. The van der Waals surface area contributed by atoms with Crippen molar-refractivity contribution >= 4 is 26.8 Å². The van der Waals surface area contributed by atoms with Crippen LogP contribution in [0, 0.1) is 5.82 Å². The Balaban J connectivity index is 2.14. The minimum Gasteiger partial charge on any atom is -0.340 e. The monoisotopic (exact) mass is 331 g/mol. The van der Waals surface area contributed by atoms with Crippen LogP contribution in [0.2, 0.25) is 0 Å². The number of nitrogens with zero attached hydrogens (tertiary/aromatic N) is 1. The topological polar surface area (TPSA) is 4.93 Å². The van der Waals surface area contributed by atoms with Crippen LogP contribution in [0.25, 0.3) is 10.9 Å². The molecule has 1 nitrogen and oxygen atoms in total. The van der Waals surface area contributed by atoms with Gasteiger partial charge in [-0.3, -0.25) is 0 Å². The number of halogens is 2. The SMILES string of the molecule is CCC(c1cccc(F)c1)n1ccc2ccc(Br)cc21. The number of rotatable bonds is 3. The zero-order valence-electron chi connectivity index (χ0n) is 11.2. The smallest absolute Gasteiger partial charge is 0.123 e. The van der Waals surface area contributed by atoms with Gasteiger partial charge in [-0.2, -0.15) is 0 Å². The first-order valence-corrected chi connectivity index (χ1v) is 7.50. The van der Waals surface area contributed by atoms with Crippen molar-refractivity contribution in [2.24, 2.45) is 0 Å². The van der Waals surface area contributed by atoms with Gasteiger partial charge in [-0.25, -0.2) is 4.39 Å². The van der Waals surface area contributed by atoms with Crippen LogP contribution in [0.1, 0.15) is 24.9 Å². The third-order valence-corrected chi connectivity index (χ3v) is 4.13. The molecule has 1 unspecified atom stereocenters. The highest BCUT2D eigenvalue weighted by molar-refractivity contribution is 9.10. The molecule has 0 saturated heterocycles. The summed E-state index contributed by atoms with van der Waals surface area (Å²) in [4.78, 5) is 0. The van der Waals surface area contributed by atoms with Gasteiger partial charge in [0.25, 0.3) is 0 Å². The lowest BCUT2D eigenvalue weighted by Crippen LogP contribution is -2.08. The molecule has 20 heavy (non-hydrogen) atoms. The zero-order valence-corrected chi connectivity index (χ0v) is 12.8. The fraction of sp³-hybridized carbons (Fsp3) is 0.176. The second kappa shape index (κ2) is 5.41. The van der Waals surface area contributed by atoms with Crippen molar-refractivity contribution in [2.45, 2.75) is 19.4 Å². The Hall–Kier alpha value is -1.61. The van der Waals surface area contributed by atoms with Gasteiger partial charge in [-0.05, 0) is 47.7 Å². The van der Waals surface area contributed by atoms with Crippen LogP contribution in [-0.2, 0) is 0 Å². The Morgan fingerprint density at radius 1 is 1.15 bits per heavy atom. The summed E-state index contributed by atoms with van der Waals surface area (Å²) in [5.74, 6) is -0.182. The summed E-state index contributed by atoms with van der Waals surface area (Å²) >= 11 is 3.52. The fourth-order valence-electron chi connectivity index (χ4n) is 2.70. The number of hydrogen-bond acceptors (Lipinski definition) is 0. The molecule has 0 bridgehead atoms. The van der Waals surface area contributed by atoms with Crippen LogP contribution in [0.5, 0.6) is 0 Å². The number of hydrogen-bond donors (Lipinski definition) is 0. The first-order chi connectivity index (χ1) is 9.69. The van der Waals surface area contributed by atoms with E-state index < -0.39 is 0 Å². The molecule has 1 atom stereocenters. The molecule has 1 heterocycles. The van der Waals surface area contributed by atoms with Gasteiger partial charge in [0.1, 0.15) is 5.82 Å². The molecule has 0 N–H and O–H groups in total. The van der Waals surface area contributed by atoms with Crippen LogP contribution in [-0.4, -0.2) is 4.57 Å². The first kappa shape index (κ1) is 13.4. The third kappa shape index (κ3) is 2.38. The van der Waals surface area contributed by atoms with Crippen molar-refractivity contribution in [2.75, 3.05) is 0 Å². The standard InChI is InChI=1S/C17H15BrFN/c1-2-16(13-4-3-5-15(19)10-13)20-9-8-12-6-7-14(18)11-17(12)20/h3-11,16H,2H2,1H3. The molecule has 1 aromatic heterocycles. The van der Waals surface area contributed by atoms with Crippen molar-refractivity contribution in [3.05, 3.63) is 70.6 Å². The van der Waals surface area contributed by atoms with Crippen molar-refractivity contribution in [3.63, 3.8) is 0 Å². The van der Waals surface area contributed by atoms with E-state index in [1.165, 1.54) is 11.5 Å². The Kier molecular flexibility index (Phi) is 3.62. The summed E-state index contributed by atoms with van der Waals surface area (Å²) < 4.78 is 16.7. The van der Waals surface area contributed by atoms with E-state index in [-0.39, 0.29) is 11.9 Å². The van der Waals surface area contributed by atoms with Crippen molar-refractivity contribution in [1.82, 2.24) is 4.57 Å². The molecule has 3 rings (SSSR count). The van der Waals surface area contributed by atoms with E-state index in [4.69, 9.17) is 0 Å². The van der Waals surface area contributed by atoms with Crippen LogP contribution < -0.4 is 0 Å². The fourth-order valence-corrected chi connectivity index (χ4v) is 3.05. The lowest BCUT2D eigenvalue weighted by atomic mass is 10.0. The van der Waals surface area contributed by atoms with Gasteiger partial charge in [-0.15, -0.1) is 0 Å². The lowest BCUT2D eigenvalue weighted by Gasteiger charge is -2.19. The van der Waals surface area contributed by atoms with E-state index in [1.807, 2.05) is 12.1 Å². The van der Waals surface area contributed by atoms with Crippen LogP contribution >= 0.6 is 15.9 Å². The van der Waals surface area contributed by atoms with E-state index in [0.29, 0.717) is 0 Å². The van der Waals surface area contributed by atoms with Gasteiger partial charge in [0.05, 0.1) is 6.04 Å². The Morgan fingerprint density at radius 3 is 2.75 bits per heavy atom. The predicted molar refractivity (Wildman–Crippen MR) is 84.5 cm³/mol. The second-order valence-corrected chi connectivity index (χ2v) is 5.82. The molecule has 0 aliphatic carbocycles. The molecule has 0 aliphatic rings. The quantitative estimate of drug-likeness (QED) is 0.593. The van der Waals surface area contributed by atoms with Crippen molar-refractivity contribution in [3.8, 4) is 0 Å². The Labute approximate surface area is 126 Å². The largest absolute Gasteiger partial charge is 0.340 e. The summed E-state index contributed by atoms with van der Waals surface area (Å²) in [6.07, 6.45) is 3.00. The Bertz CT molecular complexity index is 748. The van der Waals surface area contributed by atoms with Gasteiger partial charge >= 0.3 is 0 Å². The van der Waals surface area contributed by atoms with Crippen LogP contribution in [0.15, 0.2) is 59.2 Å². The highest BCUT2D eigenvalue weighted by Gasteiger charge is 2.14. The van der Waals surface area contributed by atoms with Gasteiger partial charge in [0.15, 0.2) is 0 Å². The summed E-state index contributed by atoms with van der Waals surface area (Å²) in [6, 6.07) is 15.4. The normalized spacial score (nSPS) is 12.8. The summed E-state index contributed by atoms with van der Waals surface area (Å²) in [7, 11) is 0. The predicted octanol–water partition coefficient (Wildman–Crippen LogP) is 5.54.